The summed E-state index contributed by atoms with van der Waals surface area (Å²) in [5.41, 5.74) is 2.84. The van der Waals surface area contributed by atoms with Gasteiger partial charge in [0.1, 0.15) is 0 Å². The van der Waals surface area contributed by atoms with Crippen LogP contribution in [0.15, 0.2) is 0 Å². The molecule has 1 aromatic rings. The Hall–Kier alpha value is -1.08. The number of nitrogens with zero attached hydrogens (tertiary/aromatic N) is 2. The van der Waals surface area contributed by atoms with Crippen molar-refractivity contribution >= 4 is 0 Å². The number of aliphatic hydroxyl groups excluding tert-OH is 1. The van der Waals surface area contributed by atoms with Crippen LogP contribution >= 0.6 is 0 Å². The van der Waals surface area contributed by atoms with Crippen molar-refractivity contribution in [3.63, 3.8) is 0 Å². The first-order valence-corrected chi connectivity index (χ1v) is 7.76. The summed E-state index contributed by atoms with van der Waals surface area (Å²) < 4.78 is 40.2. The molecule has 2 unspecified atom stereocenters. The molecule has 0 bridgehead atoms. The van der Waals surface area contributed by atoms with E-state index < -0.39 is 12.1 Å². The molecule has 0 aromatic carbocycles. The Bertz CT molecular complexity index is 499. The van der Waals surface area contributed by atoms with Gasteiger partial charge in [-0.1, -0.05) is 6.42 Å². The van der Waals surface area contributed by atoms with Crippen LogP contribution in [0.2, 0.25) is 0 Å². The summed E-state index contributed by atoms with van der Waals surface area (Å²) in [5.74, 6) is -1.18. The molecule has 1 aliphatic carbocycles. The Balaban J connectivity index is 1.95. The highest BCUT2D eigenvalue weighted by atomic mass is 19.4. The minimum atomic E-state index is -4.09. The van der Waals surface area contributed by atoms with Crippen LogP contribution in [0, 0.1) is 19.8 Å². The van der Waals surface area contributed by atoms with Crippen LogP contribution in [0.4, 0.5) is 13.2 Å². The fraction of sp³-hybridized carbons (Fsp3) is 0.800. The van der Waals surface area contributed by atoms with Crippen LogP contribution < -0.4 is 5.32 Å². The number of aryl methyl sites for hydroxylation is 1. The molecule has 4 nitrogen and oxygen atoms in total. The molecule has 126 valence electrons. The molecule has 2 atom stereocenters. The molecular weight excluding hydrogens is 295 g/mol. The summed E-state index contributed by atoms with van der Waals surface area (Å²) in [4.78, 5) is 0. The van der Waals surface area contributed by atoms with Crippen LogP contribution in [0.1, 0.15) is 42.6 Å². The third-order valence-electron chi connectivity index (χ3n) is 4.55. The zero-order valence-corrected chi connectivity index (χ0v) is 13.1. The smallest absolute Gasteiger partial charge is 0.391 e. The lowest BCUT2D eigenvalue weighted by atomic mass is 9.85. The third-order valence-corrected chi connectivity index (χ3v) is 4.55. The van der Waals surface area contributed by atoms with E-state index >= 15 is 0 Å². The van der Waals surface area contributed by atoms with Gasteiger partial charge in [-0.3, -0.25) is 4.68 Å². The molecule has 1 fully saturated rings. The lowest BCUT2D eigenvalue weighted by Crippen LogP contribution is -2.38. The highest BCUT2D eigenvalue weighted by Gasteiger charge is 2.42. The van der Waals surface area contributed by atoms with Gasteiger partial charge in [-0.2, -0.15) is 18.3 Å². The Labute approximate surface area is 128 Å². The predicted molar refractivity (Wildman–Crippen MR) is 77.4 cm³/mol. The number of aliphatic hydroxyl groups is 1. The van der Waals surface area contributed by atoms with Gasteiger partial charge in [0.15, 0.2) is 0 Å². The second-order valence-corrected chi connectivity index (χ2v) is 6.08. The summed E-state index contributed by atoms with van der Waals surface area (Å²) in [5, 5.41) is 16.6. The van der Waals surface area contributed by atoms with Crippen molar-refractivity contribution in [3.8, 4) is 0 Å². The zero-order valence-electron chi connectivity index (χ0n) is 13.1. The van der Waals surface area contributed by atoms with Crippen molar-refractivity contribution in [1.82, 2.24) is 15.1 Å². The molecule has 22 heavy (non-hydrogen) atoms. The SMILES string of the molecule is Cc1nn(CCO)c(C)c1CNC1CCCC(C(F)(F)F)C1. The van der Waals surface area contributed by atoms with Crippen molar-refractivity contribution in [3.05, 3.63) is 17.0 Å². The number of rotatable bonds is 5. The van der Waals surface area contributed by atoms with Gasteiger partial charge in [-0.15, -0.1) is 0 Å². The standard InChI is InChI=1S/C15H24F3N3O/c1-10-14(11(2)21(20-10)6-7-22)9-19-13-5-3-4-12(8-13)15(16,17)18/h12-13,19,22H,3-9H2,1-2H3. The molecule has 0 amide bonds. The van der Waals surface area contributed by atoms with Crippen molar-refractivity contribution in [1.29, 1.82) is 0 Å². The van der Waals surface area contributed by atoms with Gasteiger partial charge >= 0.3 is 6.18 Å². The summed E-state index contributed by atoms with van der Waals surface area (Å²) in [6.07, 6.45) is -2.28. The van der Waals surface area contributed by atoms with E-state index in [1.165, 1.54) is 0 Å². The number of hydrogen-bond donors (Lipinski definition) is 2. The molecular formula is C15H24F3N3O. The fourth-order valence-corrected chi connectivity index (χ4v) is 3.22. The van der Waals surface area contributed by atoms with Crippen LogP contribution in [0.5, 0.6) is 0 Å². The van der Waals surface area contributed by atoms with Gasteiger partial charge in [0.2, 0.25) is 0 Å². The second kappa shape index (κ2) is 7.00. The molecule has 1 saturated carbocycles. The number of aromatic nitrogens is 2. The summed E-state index contributed by atoms with van der Waals surface area (Å²) in [6.45, 7) is 4.79. The van der Waals surface area contributed by atoms with Gasteiger partial charge < -0.3 is 10.4 Å². The monoisotopic (exact) mass is 319 g/mol. The Morgan fingerprint density at radius 2 is 2.05 bits per heavy atom. The van der Waals surface area contributed by atoms with E-state index in [1.807, 2.05) is 13.8 Å². The minimum absolute atomic E-state index is 0.0186. The predicted octanol–water partition coefficient (Wildman–Crippen LogP) is 2.70. The number of hydrogen-bond acceptors (Lipinski definition) is 3. The van der Waals surface area contributed by atoms with E-state index in [9.17, 15) is 13.2 Å². The van der Waals surface area contributed by atoms with Gasteiger partial charge in [0.05, 0.1) is 24.8 Å². The zero-order chi connectivity index (χ0) is 16.3. The Morgan fingerprint density at radius 1 is 1.32 bits per heavy atom. The lowest BCUT2D eigenvalue weighted by molar-refractivity contribution is -0.183. The molecule has 2 rings (SSSR count). The largest absolute Gasteiger partial charge is 0.394 e. The van der Waals surface area contributed by atoms with E-state index in [0.717, 1.165) is 23.4 Å². The molecule has 1 aliphatic rings. The quantitative estimate of drug-likeness (QED) is 0.877. The summed E-state index contributed by atoms with van der Waals surface area (Å²) in [6, 6.07) is -0.0969. The maximum atomic E-state index is 12.8. The summed E-state index contributed by atoms with van der Waals surface area (Å²) >= 11 is 0. The van der Waals surface area contributed by atoms with Crippen molar-refractivity contribution < 1.29 is 18.3 Å². The third kappa shape index (κ3) is 4.01. The van der Waals surface area contributed by atoms with Crippen LogP contribution in [-0.4, -0.2) is 33.7 Å². The molecule has 2 N–H and O–H groups in total. The maximum Gasteiger partial charge on any atom is 0.391 e. The molecule has 0 aliphatic heterocycles. The number of nitrogens with one attached hydrogen (secondary N) is 1. The van der Waals surface area contributed by atoms with Gasteiger partial charge in [-0.05, 0) is 33.1 Å². The molecule has 1 aromatic heterocycles. The van der Waals surface area contributed by atoms with Crippen LogP contribution in [0.3, 0.4) is 0 Å². The first kappa shape index (κ1) is 17.3. The van der Waals surface area contributed by atoms with Gasteiger partial charge in [0, 0.05) is 23.8 Å². The fourth-order valence-electron chi connectivity index (χ4n) is 3.22. The van der Waals surface area contributed by atoms with E-state index in [4.69, 9.17) is 5.11 Å². The molecule has 7 heteroatoms. The van der Waals surface area contributed by atoms with Gasteiger partial charge in [-0.25, -0.2) is 0 Å². The molecule has 0 saturated heterocycles. The topological polar surface area (TPSA) is 50.1 Å². The number of halogens is 3. The minimum Gasteiger partial charge on any atom is -0.394 e. The van der Waals surface area contributed by atoms with E-state index in [0.29, 0.717) is 19.5 Å². The lowest BCUT2D eigenvalue weighted by Gasteiger charge is -2.31. The average Bonchev–Trinajstić information content (AvgIpc) is 2.71. The van der Waals surface area contributed by atoms with Crippen molar-refractivity contribution in [2.75, 3.05) is 6.61 Å². The molecule has 1 heterocycles. The highest BCUT2D eigenvalue weighted by molar-refractivity contribution is 5.24. The summed E-state index contributed by atoms with van der Waals surface area (Å²) in [7, 11) is 0. The first-order valence-electron chi connectivity index (χ1n) is 7.76. The number of alkyl halides is 3. The van der Waals surface area contributed by atoms with E-state index in [-0.39, 0.29) is 25.5 Å². The van der Waals surface area contributed by atoms with E-state index in [2.05, 4.69) is 10.4 Å². The average molecular weight is 319 g/mol. The highest BCUT2D eigenvalue weighted by Crippen LogP contribution is 2.37. The van der Waals surface area contributed by atoms with Crippen LogP contribution in [0.25, 0.3) is 0 Å². The Kier molecular flexibility index (Phi) is 5.50. The molecule has 0 spiro atoms. The normalized spacial score (nSPS) is 23.0. The van der Waals surface area contributed by atoms with E-state index in [1.54, 1.807) is 4.68 Å². The maximum absolute atomic E-state index is 12.8. The first-order chi connectivity index (χ1) is 10.3. The van der Waals surface area contributed by atoms with Crippen molar-refractivity contribution in [2.45, 2.75) is 64.8 Å². The van der Waals surface area contributed by atoms with Crippen LogP contribution in [-0.2, 0) is 13.1 Å². The second-order valence-electron chi connectivity index (χ2n) is 6.08. The van der Waals surface area contributed by atoms with Gasteiger partial charge in [0.25, 0.3) is 0 Å². The molecule has 0 radical (unpaired) electrons. The Morgan fingerprint density at radius 3 is 2.68 bits per heavy atom. The van der Waals surface area contributed by atoms with Crippen molar-refractivity contribution in [2.24, 2.45) is 5.92 Å².